The molecule has 0 radical (unpaired) electrons. The fraction of sp³-hybridized carbons (Fsp3) is 0.158. The lowest BCUT2D eigenvalue weighted by molar-refractivity contribution is -0.135. The minimum absolute atomic E-state index is 0.268. The van der Waals surface area contributed by atoms with Gasteiger partial charge < -0.3 is 20.1 Å². The van der Waals surface area contributed by atoms with Crippen molar-refractivity contribution in [2.24, 2.45) is 7.05 Å². The highest BCUT2D eigenvalue weighted by Crippen LogP contribution is 2.16. The van der Waals surface area contributed by atoms with Crippen molar-refractivity contribution < 1.29 is 24.6 Å². The van der Waals surface area contributed by atoms with Gasteiger partial charge >= 0.3 is 5.97 Å². The molecular weight excluding hydrogens is 352 g/mol. The average Bonchev–Trinajstić information content (AvgIpc) is 2.63. The van der Waals surface area contributed by atoms with Gasteiger partial charge in [-0.1, -0.05) is 18.2 Å². The molecule has 0 atom stereocenters. The van der Waals surface area contributed by atoms with E-state index in [1.807, 2.05) is 0 Å². The number of rotatable bonds is 6. The van der Waals surface area contributed by atoms with Crippen LogP contribution < -0.4 is 10.9 Å². The number of aromatic hydroxyl groups is 1. The maximum Gasteiger partial charge on any atom is 0.322 e. The van der Waals surface area contributed by atoms with Crippen molar-refractivity contribution in [3.63, 3.8) is 0 Å². The summed E-state index contributed by atoms with van der Waals surface area (Å²) in [7, 11) is 1.51. The lowest BCUT2D eigenvalue weighted by Gasteiger charge is -2.07. The smallest absolute Gasteiger partial charge is 0.322 e. The molecule has 2 rings (SSSR count). The fourth-order valence-electron chi connectivity index (χ4n) is 2.29. The summed E-state index contributed by atoms with van der Waals surface area (Å²) in [5, 5.41) is 20.7. The molecule has 1 heterocycles. The minimum Gasteiger partial charge on any atom is -0.507 e. The lowest BCUT2D eigenvalue weighted by Crippen LogP contribution is -2.29. The first-order chi connectivity index (χ1) is 12.7. The number of carboxylic acid groups (broad SMARTS) is 1. The van der Waals surface area contributed by atoms with Gasteiger partial charge in [0.15, 0.2) is 5.78 Å². The largest absolute Gasteiger partial charge is 0.507 e. The van der Waals surface area contributed by atoms with Gasteiger partial charge in [-0.05, 0) is 30.7 Å². The molecule has 0 aliphatic rings. The van der Waals surface area contributed by atoms with Crippen LogP contribution in [-0.2, 0) is 11.8 Å². The Kier molecular flexibility index (Phi) is 5.92. The quantitative estimate of drug-likeness (QED) is 0.517. The van der Waals surface area contributed by atoms with Crippen molar-refractivity contribution in [2.45, 2.75) is 6.92 Å². The van der Waals surface area contributed by atoms with Gasteiger partial charge in [0.2, 0.25) is 0 Å². The minimum atomic E-state index is -1.15. The van der Waals surface area contributed by atoms with Gasteiger partial charge in [0, 0.05) is 24.4 Å². The van der Waals surface area contributed by atoms with Gasteiger partial charge in [0.25, 0.3) is 11.5 Å². The zero-order chi connectivity index (χ0) is 20.1. The molecule has 0 fully saturated rings. The monoisotopic (exact) mass is 370 g/mol. The van der Waals surface area contributed by atoms with Gasteiger partial charge in [0.1, 0.15) is 17.9 Å². The van der Waals surface area contributed by atoms with E-state index in [0.29, 0.717) is 11.3 Å². The van der Waals surface area contributed by atoms with Crippen molar-refractivity contribution >= 4 is 23.7 Å². The predicted octanol–water partition coefficient (Wildman–Crippen LogP) is 1.11. The molecule has 0 bridgehead atoms. The number of carbonyl (C=O) groups is 3. The van der Waals surface area contributed by atoms with Crippen molar-refractivity contribution in [3.8, 4) is 5.75 Å². The molecule has 0 aliphatic carbocycles. The number of hydrogen-bond acceptors (Lipinski definition) is 5. The van der Waals surface area contributed by atoms with Gasteiger partial charge in [-0.25, -0.2) is 0 Å². The maximum absolute atomic E-state index is 12.3. The summed E-state index contributed by atoms with van der Waals surface area (Å²) in [5.74, 6) is -2.70. The first kappa shape index (κ1) is 19.6. The van der Waals surface area contributed by atoms with Crippen LogP contribution in [0.25, 0.3) is 6.08 Å². The van der Waals surface area contributed by atoms with Crippen LogP contribution in [0.5, 0.6) is 5.75 Å². The van der Waals surface area contributed by atoms with Crippen LogP contribution in [0.15, 0.2) is 41.2 Å². The molecule has 1 aromatic heterocycles. The summed E-state index contributed by atoms with van der Waals surface area (Å²) in [5.41, 5.74) is 0.470. The number of carbonyl (C=O) groups excluding carboxylic acids is 2. The molecule has 2 aromatic rings. The lowest BCUT2D eigenvalue weighted by atomic mass is 10.1. The van der Waals surface area contributed by atoms with Crippen molar-refractivity contribution in [2.75, 3.05) is 6.54 Å². The van der Waals surface area contributed by atoms with E-state index in [4.69, 9.17) is 5.11 Å². The molecule has 8 heteroatoms. The van der Waals surface area contributed by atoms with E-state index < -0.39 is 29.8 Å². The second-order valence-corrected chi connectivity index (χ2v) is 5.81. The number of ketones is 1. The molecule has 0 saturated heterocycles. The standard InChI is InChI=1S/C19H18N2O6/c1-11-9-15(23)17(19(27)21(11)2)14(22)8-5-12-3-6-13(7-4-12)18(26)20-10-16(24)25/h3-9,23H,10H2,1-2H3,(H,20,26)(H,24,25). The number of hydrogen-bond donors (Lipinski definition) is 3. The topological polar surface area (TPSA) is 126 Å². The third kappa shape index (κ3) is 4.69. The second-order valence-electron chi connectivity index (χ2n) is 5.81. The van der Waals surface area contributed by atoms with Crippen molar-refractivity contribution in [1.82, 2.24) is 9.88 Å². The summed E-state index contributed by atoms with van der Waals surface area (Å²) < 4.78 is 1.27. The Bertz CT molecular complexity index is 986. The molecule has 0 aliphatic heterocycles. The van der Waals surface area contributed by atoms with E-state index in [1.165, 1.54) is 35.9 Å². The highest BCUT2D eigenvalue weighted by atomic mass is 16.4. The van der Waals surface area contributed by atoms with E-state index in [0.717, 1.165) is 6.08 Å². The number of aryl methyl sites for hydroxylation is 1. The molecule has 140 valence electrons. The van der Waals surface area contributed by atoms with E-state index in [1.54, 1.807) is 19.1 Å². The van der Waals surface area contributed by atoms with Crippen LogP contribution in [-0.4, -0.2) is 39.0 Å². The number of benzene rings is 1. The van der Waals surface area contributed by atoms with Gasteiger partial charge in [-0.2, -0.15) is 0 Å². The normalized spacial score (nSPS) is 10.7. The highest BCUT2D eigenvalue weighted by molar-refractivity contribution is 6.08. The summed E-state index contributed by atoms with van der Waals surface area (Å²) >= 11 is 0. The average molecular weight is 370 g/mol. The molecule has 8 nitrogen and oxygen atoms in total. The zero-order valence-electron chi connectivity index (χ0n) is 14.7. The number of allylic oxidation sites excluding steroid dienone is 1. The molecule has 27 heavy (non-hydrogen) atoms. The van der Waals surface area contributed by atoms with Crippen LogP contribution in [0, 0.1) is 6.92 Å². The fourth-order valence-corrected chi connectivity index (χ4v) is 2.29. The summed E-state index contributed by atoms with van der Waals surface area (Å²) in [4.78, 5) is 46.6. The summed E-state index contributed by atoms with van der Waals surface area (Å²) in [6.07, 6.45) is 2.60. The SMILES string of the molecule is Cc1cc(O)c(C(=O)C=Cc2ccc(C(=O)NCC(=O)O)cc2)c(=O)n1C. The number of aromatic nitrogens is 1. The van der Waals surface area contributed by atoms with Gasteiger partial charge in [-0.3, -0.25) is 19.2 Å². The maximum atomic E-state index is 12.3. The number of aliphatic carboxylic acids is 1. The molecule has 0 unspecified atom stereocenters. The van der Waals surface area contributed by atoms with E-state index in [-0.39, 0.29) is 16.9 Å². The third-order valence-corrected chi connectivity index (χ3v) is 3.90. The highest BCUT2D eigenvalue weighted by Gasteiger charge is 2.16. The first-order valence-electron chi connectivity index (χ1n) is 7.92. The van der Waals surface area contributed by atoms with Crippen molar-refractivity contribution in [3.05, 3.63) is 69.1 Å². The second kappa shape index (κ2) is 8.13. The van der Waals surface area contributed by atoms with Crippen molar-refractivity contribution in [1.29, 1.82) is 0 Å². The number of carboxylic acids is 1. The van der Waals surface area contributed by atoms with Crippen LogP contribution >= 0.6 is 0 Å². The Labute approximate surface area is 154 Å². The number of pyridine rings is 1. The summed E-state index contributed by atoms with van der Waals surface area (Å²) in [6, 6.07) is 7.42. The Morgan fingerprint density at radius 2 is 1.81 bits per heavy atom. The number of amides is 1. The van der Waals surface area contributed by atoms with E-state index in [2.05, 4.69) is 5.32 Å². The third-order valence-electron chi connectivity index (χ3n) is 3.90. The Morgan fingerprint density at radius 3 is 2.41 bits per heavy atom. The molecule has 0 saturated carbocycles. The zero-order valence-corrected chi connectivity index (χ0v) is 14.7. The van der Waals surface area contributed by atoms with E-state index >= 15 is 0 Å². The number of nitrogens with one attached hydrogen (secondary N) is 1. The van der Waals surface area contributed by atoms with Crippen LogP contribution in [0.4, 0.5) is 0 Å². The molecular formula is C19H18N2O6. The summed E-state index contributed by atoms with van der Waals surface area (Å²) in [6.45, 7) is 1.16. The Morgan fingerprint density at radius 1 is 1.19 bits per heavy atom. The molecule has 3 N–H and O–H groups in total. The van der Waals surface area contributed by atoms with Gasteiger partial charge in [0.05, 0.1) is 0 Å². The molecule has 1 aromatic carbocycles. The number of nitrogens with zero attached hydrogens (tertiary/aromatic N) is 1. The van der Waals surface area contributed by atoms with E-state index in [9.17, 15) is 24.3 Å². The predicted molar refractivity (Wildman–Crippen MR) is 97.9 cm³/mol. The van der Waals surface area contributed by atoms with Crippen LogP contribution in [0.1, 0.15) is 32.0 Å². The molecule has 1 amide bonds. The first-order valence-corrected chi connectivity index (χ1v) is 7.92. The Balaban J connectivity index is 2.16. The Hall–Kier alpha value is -3.68. The van der Waals surface area contributed by atoms with Gasteiger partial charge in [-0.15, -0.1) is 0 Å². The molecule has 0 spiro atoms. The van der Waals surface area contributed by atoms with Crippen LogP contribution in [0.3, 0.4) is 0 Å². The van der Waals surface area contributed by atoms with Crippen LogP contribution in [0.2, 0.25) is 0 Å².